The maximum Gasteiger partial charge on any atom is 0.243 e. The van der Waals surface area contributed by atoms with Crippen molar-refractivity contribution in [1.29, 1.82) is 0 Å². The molecule has 0 unspecified atom stereocenters. The van der Waals surface area contributed by atoms with Crippen LogP contribution in [0.1, 0.15) is 0 Å². The van der Waals surface area contributed by atoms with Crippen LogP contribution in [-0.2, 0) is 4.79 Å². The maximum atomic E-state index is 13.5. The number of hydrogen-bond donors (Lipinski definition) is 2. The minimum absolute atomic E-state index is 0.0939. The molecule has 1 amide bonds. The summed E-state index contributed by atoms with van der Waals surface area (Å²) in [7, 11) is 1.80. The fourth-order valence-corrected chi connectivity index (χ4v) is 1.82. The monoisotopic (exact) mass is 273 g/mol. The number of benzene rings is 2. The predicted molar refractivity (Wildman–Crippen MR) is 79.2 cm³/mol. The van der Waals surface area contributed by atoms with Gasteiger partial charge in [0.2, 0.25) is 5.91 Å². The number of nitrogen functional groups attached to an aromatic ring is 1. The first-order valence-electron chi connectivity index (χ1n) is 6.17. The Hall–Kier alpha value is -2.56. The summed E-state index contributed by atoms with van der Waals surface area (Å²) in [6.45, 7) is 0.123. The van der Waals surface area contributed by atoms with Crippen LogP contribution in [0, 0.1) is 5.82 Å². The molecule has 5 heteroatoms. The summed E-state index contributed by atoms with van der Waals surface area (Å²) in [6, 6.07) is 13.5. The van der Waals surface area contributed by atoms with Gasteiger partial charge in [-0.1, -0.05) is 18.2 Å². The third-order valence-electron chi connectivity index (χ3n) is 2.84. The average molecular weight is 273 g/mol. The smallest absolute Gasteiger partial charge is 0.243 e. The van der Waals surface area contributed by atoms with Crippen LogP contribution in [0.5, 0.6) is 0 Å². The summed E-state index contributed by atoms with van der Waals surface area (Å²) in [5.41, 5.74) is 6.97. The number of nitrogens with zero attached hydrogens (tertiary/aromatic N) is 1. The van der Waals surface area contributed by atoms with Gasteiger partial charge < -0.3 is 16.0 Å². The molecule has 0 aliphatic heterocycles. The molecule has 104 valence electrons. The number of amides is 1. The highest BCUT2D eigenvalue weighted by atomic mass is 19.1. The molecule has 2 aromatic rings. The van der Waals surface area contributed by atoms with Crippen molar-refractivity contribution < 1.29 is 9.18 Å². The minimum Gasteiger partial charge on any atom is -0.399 e. The molecule has 3 N–H and O–H groups in total. The summed E-state index contributed by atoms with van der Waals surface area (Å²) in [4.78, 5) is 13.7. The summed E-state index contributed by atoms with van der Waals surface area (Å²) in [5, 5.41) is 2.52. The number of nitrogens with one attached hydrogen (secondary N) is 1. The van der Waals surface area contributed by atoms with Crippen molar-refractivity contribution in [3.05, 3.63) is 54.3 Å². The van der Waals surface area contributed by atoms with Gasteiger partial charge in [0.1, 0.15) is 5.82 Å². The average Bonchev–Trinajstić information content (AvgIpc) is 2.43. The molecule has 0 aromatic heterocycles. The van der Waals surface area contributed by atoms with Crippen molar-refractivity contribution in [2.24, 2.45) is 0 Å². The summed E-state index contributed by atoms with van der Waals surface area (Å²) >= 11 is 0. The Bertz CT molecular complexity index is 601. The van der Waals surface area contributed by atoms with Gasteiger partial charge in [-0.15, -0.1) is 0 Å². The van der Waals surface area contributed by atoms with Crippen molar-refractivity contribution >= 4 is 23.0 Å². The van der Waals surface area contributed by atoms with E-state index in [9.17, 15) is 9.18 Å². The topological polar surface area (TPSA) is 58.4 Å². The zero-order chi connectivity index (χ0) is 14.5. The van der Waals surface area contributed by atoms with E-state index in [1.54, 1.807) is 11.9 Å². The Morgan fingerprint density at radius 3 is 2.65 bits per heavy atom. The lowest BCUT2D eigenvalue weighted by Crippen LogP contribution is -2.30. The van der Waals surface area contributed by atoms with Crippen LogP contribution in [0.25, 0.3) is 0 Å². The molecule has 0 atom stereocenters. The van der Waals surface area contributed by atoms with E-state index in [1.807, 2.05) is 30.3 Å². The van der Waals surface area contributed by atoms with Gasteiger partial charge in [0, 0.05) is 18.4 Å². The lowest BCUT2D eigenvalue weighted by atomic mass is 10.2. The standard InChI is InChI=1S/C15H16FN3O/c1-19(12-5-3-2-4-6-12)10-15(20)18-14-9-11(17)7-8-13(14)16/h2-9H,10,17H2,1H3,(H,18,20). The molecule has 20 heavy (non-hydrogen) atoms. The van der Waals surface area contributed by atoms with Crippen LogP contribution >= 0.6 is 0 Å². The Morgan fingerprint density at radius 1 is 1.25 bits per heavy atom. The van der Waals surface area contributed by atoms with Crippen LogP contribution in [0.2, 0.25) is 0 Å². The van der Waals surface area contributed by atoms with Crippen LogP contribution in [0.4, 0.5) is 21.5 Å². The van der Waals surface area contributed by atoms with Gasteiger partial charge in [-0.2, -0.15) is 0 Å². The quantitative estimate of drug-likeness (QED) is 0.841. The summed E-state index contributed by atoms with van der Waals surface area (Å²) in [5.74, 6) is -0.809. The van der Waals surface area contributed by atoms with Crippen LogP contribution in [0.15, 0.2) is 48.5 Å². The lowest BCUT2D eigenvalue weighted by molar-refractivity contribution is -0.114. The van der Waals surface area contributed by atoms with Gasteiger partial charge in [0.15, 0.2) is 0 Å². The summed E-state index contributed by atoms with van der Waals surface area (Å²) < 4.78 is 13.5. The second-order valence-corrected chi connectivity index (χ2v) is 4.48. The number of carbonyl (C=O) groups is 1. The number of nitrogens with two attached hydrogens (primary N) is 1. The second kappa shape index (κ2) is 6.06. The number of carbonyl (C=O) groups excluding carboxylic acids is 1. The van der Waals surface area contributed by atoms with Gasteiger partial charge in [0.05, 0.1) is 12.2 Å². The number of anilines is 3. The van der Waals surface area contributed by atoms with Crippen molar-refractivity contribution in [3.63, 3.8) is 0 Å². The van der Waals surface area contributed by atoms with Gasteiger partial charge in [-0.05, 0) is 30.3 Å². The third-order valence-corrected chi connectivity index (χ3v) is 2.84. The van der Waals surface area contributed by atoms with Gasteiger partial charge in [-0.3, -0.25) is 4.79 Å². The Balaban J connectivity index is 2.01. The molecule has 0 radical (unpaired) electrons. The SMILES string of the molecule is CN(CC(=O)Nc1cc(N)ccc1F)c1ccccc1. The fraction of sp³-hybridized carbons (Fsp3) is 0.133. The van der Waals surface area contributed by atoms with Crippen LogP contribution in [-0.4, -0.2) is 19.5 Å². The molecule has 0 saturated carbocycles. The van der Waals surface area contributed by atoms with Crippen LogP contribution in [0.3, 0.4) is 0 Å². The summed E-state index contributed by atoms with van der Waals surface area (Å²) in [6.07, 6.45) is 0. The van der Waals surface area contributed by atoms with E-state index in [-0.39, 0.29) is 18.1 Å². The zero-order valence-electron chi connectivity index (χ0n) is 11.1. The maximum absolute atomic E-state index is 13.5. The van der Waals surface area contributed by atoms with E-state index in [1.165, 1.54) is 18.2 Å². The lowest BCUT2D eigenvalue weighted by Gasteiger charge is -2.18. The first-order chi connectivity index (χ1) is 9.56. The van der Waals surface area contributed by atoms with E-state index >= 15 is 0 Å². The van der Waals surface area contributed by atoms with Gasteiger partial charge in [-0.25, -0.2) is 4.39 Å². The molecule has 2 rings (SSSR count). The van der Waals surface area contributed by atoms with E-state index < -0.39 is 5.82 Å². The molecular weight excluding hydrogens is 257 g/mol. The fourth-order valence-electron chi connectivity index (χ4n) is 1.82. The normalized spacial score (nSPS) is 10.1. The number of likely N-dealkylation sites (N-methyl/N-ethyl adjacent to an activating group) is 1. The Kier molecular flexibility index (Phi) is 4.20. The van der Waals surface area contributed by atoms with Crippen LogP contribution < -0.4 is 16.0 Å². The minimum atomic E-state index is -0.505. The highest BCUT2D eigenvalue weighted by Crippen LogP contribution is 2.17. The van der Waals surface area contributed by atoms with Crippen molar-refractivity contribution in [2.45, 2.75) is 0 Å². The number of rotatable bonds is 4. The molecule has 0 aliphatic carbocycles. The van der Waals surface area contributed by atoms with E-state index in [0.29, 0.717) is 5.69 Å². The van der Waals surface area contributed by atoms with E-state index in [0.717, 1.165) is 5.69 Å². The third kappa shape index (κ3) is 3.47. The molecule has 4 nitrogen and oxygen atoms in total. The zero-order valence-corrected chi connectivity index (χ0v) is 11.1. The van der Waals surface area contributed by atoms with E-state index in [2.05, 4.69) is 5.32 Å². The van der Waals surface area contributed by atoms with Gasteiger partial charge in [0.25, 0.3) is 0 Å². The molecule has 0 bridgehead atoms. The Morgan fingerprint density at radius 2 is 1.95 bits per heavy atom. The number of halogens is 1. The highest BCUT2D eigenvalue weighted by Gasteiger charge is 2.10. The predicted octanol–water partition coefficient (Wildman–Crippen LogP) is 2.48. The largest absolute Gasteiger partial charge is 0.399 e. The first kappa shape index (κ1) is 13.9. The van der Waals surface area contributed by atoms with E-state index in [4.69, 9.17) is 5.73 Å². The number of hydrogen-bond acceptors (Lipinski definition) is 3. The van der Waals surface area contributed by atoms with Crippen molar-refractivity contribution in [3.8, 4) is 0 Å². The van der Waals surface area contributed by atoms with Crippen molar-refractivity contribution in [2.75, 3.05) is 29.5 Å². The molecule has 0 saturated heterocycles. The molecule has 0 aliphatic rings. The molecule has 2 aromatic carbocycles. The number of para-hydroxylation sites is 1. The highest BCUT2D eigenvalue weighted by molar-refractivity contribution is 5.94. The molecule has 0 heterocycles. The second-order valence-electron chi connectivity index (χ2n) is 4.48. The Labute approximate surface area is 117 Å². The molecular formula is C15H16FN3O. The van der Waals surface area contributed by atoms with Gasteiger partial charge >= 0.3 is 0 Å². The van der Waals surface area contributed by atoms with Crippen molar-refractivity contribution in [1.82, 2.24) is 0 Å². The first-order valence-corrected chi connectivity index (χ1v) is 6.17. The molecule has 0 fully saturated rings. The molecule has 0 spiro atoms.